The largest absolute Gasteiger partial charge is 0.444 e. The Morgan fingerprint density at radius 1 is 1.07 bits per heavy atom. The van der Waals surface area contributed by atoms with Gasteiger partial charge in [-0.3, -0.25) is 24.0 Å². The first-order chi connectivity index (χ1) is 25.2. The van der Waals surface area contributed by atoms with Crippen molar-refractivity contribution in [2.75, 3.05) is 6.54 Å². The molecule has 7 atom stereocenters. The van der Waals surface area contributed by atoms with Crippen LogP contribution in [0.15, 0.2) is 30.4 Å². The molecule has 3 aliphatic heterocycles. The molecule has 1 saturated heterocycles. The molecule has 6 rings (SSSR count). The lowest BCUT2D eigenvalue weighted by atomic mass is 9.88. The number of hydrogen-bond acceptors (Lipinski definition) is 9. The third kappa shape index (κ3) is 8.22. The molecule has 3 N–H and O–H groups in total. The van der Waals surface area contributed by atoms with Crippen LogP contribution in [0, 0.1) is 23.6 Å². The lowest BCUT2D eigenvalue weighted by Crippen LogP contribution is -2.59. The standard InChI is InChI=1S/C38H52FN5O9S/c1-22-10-7-8-12-25-18-38(25,33(47)42-54(50,51)37(6)14-15-37)41-31(45)29-17-26(52-35(49)43-19-24-11-9-13-28(39)27(24)21-43)20-44(29)32(46)30(23(2)16-22)40-34(48)53-36(3,4)5/h8-9,11-13,22-23,25-26,29-30H,7,10,14-21H2,1-6H3,(H,40,48)(H,41,45)(H,42,47)/t22-,23-,25-,26-,29+,30+,38-/m1/s1. The summed E-state index contributed by atoms with van der Waals surface area (Å²) in [6.45, 7) is 10.4. The first-order valence-electron chi connectivity index (χ1n) is 18.8. The van der Waals surface area contributed by atoms with E-state index in [1.54, 1.807) is 39.8 Å². The van der Waals surface area contributed by atoms with Gasteiger partial charge in [0.25, 0.3) is 5.91 Å². The second-order valence-electron chi connectivity index (χ2n) is 17.1. The molecule has 3 fully saturated rings. The highest BCUT2D eigenvalue weighted by Crippen LogP contribution is 2.47. The first kappa shape index (κ1) is 39.5. The van der Waals surface area contributed by atoms with Gasteiger partial charge in [0, 0.05) is 24.4 Å². The van der Waals surface area contributed by atoms with Gasteiger partial charge in [0.15, 0.2) is 0 Å². The van der Waals surface area contributed by atoms with E-state index >= 15 is 0 Å². The lowest BCUT2D eigenvalue weighted by molar-refractivity contribution is -0.142. The van der Waals surface area contributed by atoms with Crippen molar-refractivity contribution in [1.82, 2.24) is 25.2 Å². The van der Waals surface area contributed by atoms with Crippen LogP contribution in [0.4, 0.5) is 14.0 Å². The molecule has 54 heavy (non-hydrogen) atoms. The molecule has 5 aliphatic rings. The summed E-state index contributed by atoms with van der Waals surface area (Å²) in [4.78, 5) is 72.0. The van der Waals surface area contributed by atoms with Crippen LogP contribution in [0.1, 0.15) is 97.6 Å². The number of ether oxygens (including phenoxy) is 2. The molecular formula is C38H52FN5O9S. The highest BCUT2D eigenvalue weighted by atomic mass is 32.2. The number of sulfonamides is 1. The normalized spacial score (nSPS) is 30.8. The molecular weight excluding hydrogens is 722 g/mol. The van der Waals surface area contributed by atoms with Gasteiger partial charge in [0.2, 0.25) is 21.8 Å². The number of nitrogens with one attached hydrogen (secondary N) is 3. The molecule has 0 bridgehead atoms. The molecule has 1 aromatic carbocycles. The minimum absolute atomic E-state index is 0.00775. The zero-order valence-electron chi connectivity index (χ0n) is 31.8. The summed E-state index contributed by atoms with van der Waals surface area (Å²) in [7, 11) is -4.03. The van der Waals surface area contributed by atoms with Gasteiger partial charge in [-0.2, -0.15) is 0 Å². The van der Waals surface area contributed by atoms with Gasteiger partial charge >= 0.3 is 12.2 Å². The van der Waals surface area contributed by atoms with Gasteiger partial charge in [-0.1, -0.05) is 38.1 Å². The fraction of sp³-hybridized carbons (Fsp3) is 0.658. The van der Waals surface area contributed by atoms with E-state index in [-0.39, 0.29) is 38.4 Å². The minimum atomic E-state index is -4.03. The highest BCUT2D eigenvalue weighted by molar-refractivity contribution is 7.91. The molecule has 5 amide bonds. The fourth-order valence-corrected chi connectivity index (χ4v) is 9.07. The van der Waals surface area contributed by atoms with E-state index in [0.29, 0.717) is 36.8 Å². The molecule has 0 spiro atoms. The van der Waals surface area contributed by atoms with E-state index in [0.717, 1.165) is 6.42 Å². The van der Waals surface area contributed by atoms with Crippen LogP contribution in [-0.2, 0) is 47.0 Å². The predicted octanol–water partition coefficient (Wildman–Crippen LogP) is 4.03. The van der Waals surface area contributed by atoms with Crippen LogP contribution < -0.4 is 15.4 Å². The number of halogens is 1. The molecule has 1 aromatic rings. The quantitative estimate of drug-likeness (QED) is 0.373. The van der Waals surface area contributed by atoms with Crippen LogP contribution in [0.3, 0.4) is 0 Å². The van der Waals surface area contributed by atoms with E-state index in [4.69, 9.17) is 9.47 Å². The maximum Gasteiger partial charge on any atom is 0.410 e. The second-order valence-corrected chi connectivity index (χ2v) is 19.3. The molecule has 2 aliphatic carbocycles. The van der Waals surface area contributed by atoms with Crippen molar-refractivity contribution < 1.29 is 46.3 Å². The number of amides is 5. The average molecular weight is 774 g/mol. The number of nitrogens with zero attached hydrogens (tertiary/aromatic N) is 2. The zero-order valence-corrected chi connectivity index (χ0v) is 32.6. The van der Waals surface area contributed by atoms with E-state index in [2.05, 4.69) is 15.4 Å². The van der Waals surface area contributed by atoms with E-state index in [1.165, 1.54) is 15.9 Å². The fourth-order valence-electron chi connectivity index (χ4n) is 7.76. The van der Waals surface area contributed by atoms with Crippen molar-refractivity contribution in [3.8, 4) is 0 Å². The topological polar surface area (TPSA) is 181 Å². The van der Waals surface area contributed by atoms with Crippen LogP contribution in [0.25, 0.3) is 0 Å². The Labute approximate surface area is 316 Å². The van der Waals surface area contributed by atoms with Crippen LogP contribution in [0.5, 0.6) is 0 Å². The predicted molar refractivity (Wildman–Crippen MR) is 194 cm³/mol. The molecule has 16 heteroatoms. The van der Waals surface area contributed by atoms with Crippen molar-refractivity contribution in [2.24, 2.45) is 17.8 Å². The Hall–Kier alpha value is -4.21. The van der Waals surface area contributed by atoms with Crippen molar-refractivity contribution in [3.63, 3.8) is 0 Å². The van der Waals surface area contributed by atoms with Gasteiger partial charge in [0.05, 0.1) is 17.8 Å². The lowest BCUT2D eigenvalue weighted by Gasteiger charge is -2.33. The molecule has 3 heterocycles. The Morgan fingerprint density at radius 3 is 2.46 bits per heavy atom. The third-order valence-electron chi connectivity index (χ3n) is 11.4. The van der Waals surface area contributed by atoms with Crippen LogP contribution in [-0.4, -0.2) is 88.7 Å². The molecule has 14 nitrogen and oxygen atoms in total. The molecule has 296 valence electrons. The van der Waals surface area contributed by atoms with Crippen molar-refractivity contribution in [2.45, 2.75) is 134 Å². The molecule has 0 unspecified atom stereocenters. The number of rotatable bonds is 5. The van der Waals surface area contributed by atoms with E-state index in [1.807, 2.05) is 26.0 Å². The van der Waals surface area contributed by atoms with E-state index in [9.17, 15) is 36.8 Å². The summed E-state index contributed by atoms with van der Waals surface area (Å²) < 4.78 is 53.2. The van der Waals surface area contributed by atoms with Gasteiger partial charge in [-0.05, 0) is 89.7 Å². The summed E-state index contributed by atoms with van der Waals surface area (Å²) in [5.74, 6) is -3.41. The number of allylic oxidation sites excluding steroid dienone is 1. The third-order valence-corrected chi connectivity index (χ3v) is 13.5. The van der Waals surface area contributed by atoms with E-state index < -0.39 is 91.7 Å². The summed E-state index contributed by atoms with van der Waals surface area (Å²) in [6.07, 6.45) is 3.94. The number of hydrogen-bond donors (Lipinski definition) is 3. The van der Waals surface area contributed by atoms with Gasteiger partial charge in [-0.25, -0.2) is 22.4 Å². The molecule has 0 aromatic heterocycles. The summed E-state index contributed by atoms with van der Waals surface area (Å²) in [6, 6.07) is 2.23. The summed E-state index contributed by atoms with van der Waals surface area (Å²) >= 11 is 0. The Balaban J connectivity index is 1.29. The Morgan fingerprint density at radius 2 is 1.80 bits per heavy atom. The minimum Gasteiger partial charge on any atom is -0.444 e. The second kappa shape index (κ2) is 14.5. The molecule has 0 radical (unpaired) electrons. The van der Waals surface area contributed by atoms with Gasteiger partial charge < -0.3 is 25.0 Å². The Kier molecular flexibility index (Phi) is 10.6. The number of carbonyl (C=O) groups is 5. The smallest absolute Gasteiger partial charge is 0.410 e. The first-order valence-corrected chi connectivity index (χ1v) is 20.3. The number of benzene rings is 1. The van der Waals surface area contributed by atoms with Gasteiger partial charge in [-0.15, -0.1) is 0 Å². The number of fused-ring (bicyclic) bond motifs is 3. The van der Waals surface area contributed by atoms with Gasteiger partial charge in [0.1, 0.15) is 35.1 Å². The molecule has 2 saturated carbocycles. The number of carbonyl (C=O) groups excluding carboxylic acids is 5. The summed E-state index contributed by atoms with van der Waals surface area (Å²) in [5, 5.41) is 5.55. The summed E-state index contributed by atoms with van der Waals surface area (Å²) in [5.41, 5.74) is -1.41. The van der Waals surface area contributed by atoms with Crippen molar-refractivity contribution in [1.29, 1.82) is 0 Å². The van der Waals surface area contributed by atoms with Crippen LogP contribution >= 0.6 is 0 Å². The van der Waals surface area contributed by atoms with Crippen LogP contribution in [0.2, 0.25) is 0 Å². The van der Waals surface area contributed by atoms with Crippen molar-refractivity contribution in [3.05, 3.63) is 47.3 Å². The maximum absolute atomic E-state index is 14.6. The Bertz CT molecular complexity index is 1840. The highest BCUT2D eigenvalue weighted by Gasteiger charge is 2.63. The monoisotopic (exact) mass is 773 g/mol. The van der Waals surface area contributed by atoms with Crippen molar-refractivity contribution >= 4 is 39.9 Å². The number of alkyl carbamates (subject to hydrolysis) is 1. The zero-order chi connectivity index (χ0) is 39.4. The SMILES string of the molecule is C[C@@H]1CCC=C[C@@H]2C[C@@]2(C(=O)NS(=O)(=O)C2(C)CC2)NC(=O)[C@@H]2C[C@@H](OC(=O)N3Cc4cccc(F)c4C3)CN2C(=O)[C@@H](NC(=O)OC(C)(C)C)[C@H](C)C1. The maximum atomic E-state index is 14.6. The average Bonchev–Trinajstić information content (AvgIpc) is 3.86.